The van der Waals surface area contributed by atoms with Gasteiger partial charge in [-0.05, 0) is 24.7 Å². The molecule has 2 N–H and O–H groups in total. The molecule has 0 aromatic heterocycles. The molecule has 0 bridgehead atoms. The van der Waals surface area contributed by atoms with E-state index in [-0.39, 0.29) is 31.0 Å². The number of nitrogens with one attached hydrogen (secondary N) is 1. The summed E-state index contributed by atoms with van der Waals surface area (Å²) in [6, 6.07) is -0.630. The van der Waals surface area contributed by atoms with Crippen LogP contribution in [0, 0.1) is 24.2 Å². The minimum atomic E-state index is -0.912. The number of terminal acetylenes is 1. The van der Waals surface area contributed by atoms with E-state index in [1.807, 2.05) is 13.8 Å². The van der Waals surface area contributed by atoms with Gasteiger partial charge in [-0.25, -0.2) is 4.79 Å². The zero-order chi connectivity index (χ0) is 14.4. The van der Waals surface area contributed by atoms with E-state index in [2.05, 4.69) is 11.2 Å². The van der Waals surface area contributed by atoms with Gasteiger partial charge in [-0.1, -0.05) is 19.8 Å². The second-order valence-electron chi connectivity index (χ2n) is 5.43. The van der Waals surface area contributed by atoms with E-state index in [9.17, 15) is 9.59 Å². The van der Waals surface area contributed by atoms with Gasteiger partial charge in [-0.3, -0.25) is 4.79 Å². The number of carboxylic acids is 1. The molecule has 0 aromatic rings. The maximum atomic E-state index is 12.1. The molecule has 0 saturated heterocycles. The summed E-state index contributed by atoms with van der Waals surface area (Å²) in [7, 11) is 0. The lowest BCUT2D eigenvalue weighted by Crippen LogP contribution is -2.48. The lowest BCUT2D eigenvalue weighted by Gasteiger charge is -2.26. The van der Waals surface area contributed by atoms with Crippen molar-refractivity contribution in [3.8, 4) is 12.3 Å². The summed E-state index contributed by atoms with van der Waals surface area (Å²) in [6.45, 7) is 4.70. The number of carboxylic acid groups (broad SMARTS) is 1. The van der Waals surface area contributed by atoms with Crippen molar-refractivity contribution >= 4 is 12.0 Å². The molecule has 0 radical (unpaired) electrons. The second kappa shape index (κ2) is 7.03. The highest BCUT2D eigenvalue weighted by atomic mass is 16.4. The third kappa shape index (κ3) is 5.64. The lowest BCUT2D eigenvalue weighted by molar-refractivity contribution is -0.137. The van der Waals surface area contributed by atoms with Gasteiger partial charge >= 0.3 is 12.0 Å². The number of hydrogen-bond acceptors (Lipinski definition) is 2. The summed E-state index contributed by atoms with van der Waals surface area (Å²) in [6.07, 6.45) is 7.47. The van der Waals surface area contributed by atoms with Crippen LogP contribution in [0.1, 0.15) is 33.1 Å². The number of hydrogen-bond donors (Lipinski definition) is 2. The molecular formula is C14H22N2O3. The minimum absolute atomic E-state index is 0.0636. The summed E-state index contributed by atoms with van der Waals surface area (Å²) in [5.74, 6) is 2.18. The van der Waals surface area contributed by atoms with E-state index in [1.54, 1.807) is 4.90 Å². The Morgan fingerprint density at radius 1 is 1.47 bits per heavy atom. The fraction of sp³-hybridized carbons (Fsp3) is 0.714. The third-order valence-electron chi connectivity index (χ3n) is 3.25. The highest BCUT2D eigenvalue weighted by molar-refractivity contribution is 5.76. The van der Waals surface area contributed by atoms with E-state index in [1.165, 1.54) is 0 Å². The smallest absolute Gasteiger partial charge is 0.318 e. The Morgan fingerprint density at radius 2 is 2.11 bits per heavy atom. The molecule has 1 aliphatic carbocycles. The molecular weight excluding hydrogens is 244 g/mol. The highest BCUT2D eigenvalue weighted by Gasteiger charge is 2.28. The maximum absolute atomic E-state index is 12.1. The van der Waals surface area contributed by atoms with Gasteiger partial charge in [0.25, 0.3) is 0 Å². The van der Waals surface area contributed by atoms with Crippen LogP contribution in [0.15, 0.2) is 0 Å². The van der Waals surface area contributed by atoms with Gasteiger partial charge in [-0.2, -0.15) is 0 Å². The van der Waals surface area contributed by atoms with Crippen LogP contribution >= 0.6 is 0 Å². The van der Waals surface area contributed by atoms with E-state index >= 15 is 0 Å². The molecule has 19 heavy (non-hydrogen) atoms. The summed E-state index contributed by atoms with van der Waals surface area (Å²) in [5.41, 5.74) is 0. The largest absolute Gasteiger partial charge is 0.481 e. The van der Waals surface area contributed by atoms with Crippen molar-refractivity contribution in [2.75, 3.05) is 13.1 Å². The Kier molecular flexibility index (Phi) is 5.68. The monoisotopic (exact) mass is 266 g/mol. The Bertz CT molecular complexity index is 369. The van der Waals surface area contributed by atoms with Gasteiger partial charge in [0, 0.05) is 12.6 Å². The SMILES string of the molecule is C#CCN(CC1CC1)C(=O)NC(CC(=O)O)C(C)C. The number of aliphatic carboxylic acids is 1. The average Bonchev–Trinajstić information content (AvgIpc) is 3.10. The summed E-state index contributed by atoms with van der Waals surface area (Å²) in [5, 5.41) is 11.6. The maximum Gasteiger partial charge on any atom is 0.318 e. The molecule has 1 aliphatic rings. The predicted octanol–water partition coefficient (Wildman–Crippen LogP) is 1.54. The summed E-state index contributed by atoms with van der Waals surface area (Å²) in [4.78, 5) is 24.5. The van der Waals surface area contributed by atoms with Crippen LogP contribution in [0.25, 0.3) is 0 Å². The van der Waals surface area contributed by atoms with Crippen LogP contribution in [0.4, 0.5) is 4.79 Å². The molecule has 1 atom stereocenters. The third-order valence-corrected chi connectivity index (χ3v) is 3.25. The Hall–Kier alpha value is -1.70. The van der Waals surface area contributed by atoms with Crippen molar-refractivity contribution in [3.63, 3.8) is 0 Å². The van der Waals surface area contributed by atoms with Gasteiger partial charge in [0.05, 0.1) is 13.0 Å². The molecule has 0 heterocycles. The van der Waals surface area contributed by atoms with Crippen molar-refractivity contribution < 1.29 is 14.7 Å². The van der Waals surface area contributed by atoms with Crippen LogP contribution < -0.4 is 5.32 Å². The quantitative estimate of drug-likeness (QED) is 0.687. The first-order chi connectivity index (χ1) is 8.93. The molecule has 2 amide bonds. The van der Waals surface area contributed by atoms with E-state index in [0.717, 1.165) is 12.8 Å². The van der Waals surface area contributed by atoms with Gasteiger partial charge in [0.2, 0.25) is 0 Å². The van der Waals surface area contributed by atoms with E-state index < -0.39 is 5.97 Å². The molecule has 106 valence electrons. The number of amides is 2. The number of rotatable bonds is 7. The van der Waals surface area contributed by atoms with Crippen molar-refractivity contribution in [1.29, 1.82) is 0 Å². The van der Waals surface area contributed by atoms with Gasteiger partial charge < -0.3 is 15.3 Å². The number of urea groups is 1. The van der Waals surface area contributed by atoms with Crippen LogP contribution in [-0.2, 0) is 4.79 Å². The van der Waals surface area contributed by atoms with Crippen molar-refractivity contribution in [3.05, 3.63) is 0 Å². The predicted molar refractivity (Wildman–Crippen MR) is 72.5 cm³/mol. The zero-order valence-corrected chi connectivity index (χ0v) is 11.6. The van der Waals surface area contributed by atoms with Crippen molar-refractivity contribution in [2.24, 2.45) is 11.8 Å². The molecule has 1 saturated carbocycles. The first-order valence-corrected chi connectivity index (χ1v) is 6.64. The molecule has 0 aromatic carbocycles. The lowest BCUT2D eigenvalue weighted by atomic mass is 10.0. The molecule has 1 unspecified atom stereocenters. The summed E-state index contributed by atoms with van der Waals surface area (Å²) >= 11 is 0. The Morgan fingerprint density at radius 3 is 2.53 bits per heavy atom. The fourth-order valence-corrected chi connectivity index (χ4v) is 1.83. The Labute approximate surface area is 114 Å². The molecule has 1 fully saturated rings. The first kappa shape index (κ1) is 15.4. The second-order valence-corrected chi connectivity index (χ2v) is 5.43. The molecule has 0 aliphatic heterocycles. The van der Waals surface area contributed by atoms with Gasteiger partial charge in [0.1, 0.15) is 0 Å². The standard InChI is InChI=1S/C14H22N2O3/c1-4-7-16(9-11-5-6-11)14(19)15-12(10(2)3)8-13(17)18/h1,10-12H,5-9H2,2-3H3,(H,15,19)(H,17,18). The molecule has 5 heteroatoms. The van der Waals surface area contributed by atoms with E-state index in [0.29, 0.717) is 12.5 Å². The van der Waals surface area contributed by atoms with Crippen molar-refractivity contribution in [2.45, 2.75) is 39.2 Å². The van der Waals surface area contributed by atoms with Gasteiger partial charge in [0.15, 0.2) is 0 Å². The van der Waals surface area contributed by atoms with Gasteiger partial charge in [-0.15, -0.1) is 6.42 Å². The molecule has 1 rings (SSSR count). The first-order valence-electron chi connectivity index (χ1n) is 6.64. The van der Waals surface area contributed by atoms with E-state index in [4.69, 9.17) is 11.5 Å². The zero-order valence-electron chi connectivity index (χ0n) is 11.6. The topological polar surface area (TPSA) is 69.6 Å². The highest BCUT2D eigenvalue weighted by Crippen LogP contribution is 2.29. The van der Waals surface area contributed by atoms with Crippen LogP contribution in [0.2, 0.25) is 0 Å². The minimum Gasteiger partial charge on any atom is -0.481 e. The molecule has 5 nitrogen and oxygen atoms in total. The molecule has 0 spiro atoms. The van der Waals surface area contributed by atoms with Crippen LogP contribution in [0.5, 0.6) is 0 Å². The normalized spacial score (nSPS) is 15.7. The number of carbonyl (C=O) groups excluding carboxylic acids is 1. The Balaban J connectivity index is 2.56. The van der Waals surface area contributed by atoms with Crippen molar-refractivity contribution in [1.82, 2.24) is 10.2 Å². The van der Waals surface area contributed by atoms with Crippen LogP contribution in [-0.4, -0.2) is 41.1 Å². The number of nitrogens with zero attached hydrogens (tertiary/aromatic N) is 1. The summed E-state index contributed by atoms with van der Waals surface area (Å²) < 4.78 is 0. The fourth-order valence-electron chi connectivity index (χ4n) is 1.83. The number of carbonyl (C=O) groups is 2. The van der Waals surface area contributed by atoms with Crippen LogP contribution in [0.3, 0.4) is 0 Å². The average molecular weight is 266 g/mol.